The van der Waals surface area contributed by atoms with Crippen LogP contribution in [0.3, 0.4) is 0 Å². The van der Waals surface area contributed by atoms with E-state index >= 15 is 0 Å². The zero-order valence-corrected chi connectivity index (χ0v) is 28.5. The molecule has 0 fully saturated rings. The summed E-state index contributed by atoms with van der Waals surface area (Å²) in [7, 11) is -5.96. The molecule has 0 radical (unpaired) electrons. The lowest BCUT2D eigenvalue weighted by Gasteiger charge is -2.28. The molecular formula is C33H37F3N2O12S. The number of aliphatic hydroxyl groups is 1. The number of rotatable bonds is 10. The van der Waals surface area contributed by atoms with E-state index < -0.39 is 64.0 Å². The largest absolute Gasteiger partial charge is 0.534 e. The molecule has 0 saturated carbocycles. The summed E-state index contributed by atoms with van der Waals surface area (Å²) in [5, 5.41) is 9.77. The van der Waals surface area contributed by atoms with Gasteiger partial charge in [-0.25, -0.2) is 19.2 Å². The summed E-state index contributed by atoms with van der Waals surface area (Å²) in [4.78, 5) is 50.5. The molecule has 0 aromatic heterocycles. The molecule has 0 aliphatic carbocycles. The van der Waals surface area contributed by atoms with Crippen molar-refractivity contribution >= 4 is 34.2 Å². The number of carbonyl (C=O) groups is 4. The molecule has 278 valence electrons. The van der Waals surface area contributed by atoms with Crippen molar-refractivity contribution in [1.29, 1.82) is 0 Å². The first-order valence-corrected chi connectivity index (χ1v) is 17.0. The first-order chi connectivity index (χ1) is 24.2. The Morgan fingerprint density at radius 2 is 1.14 bits per heavy atom. The minimum absolute atomic E-state index is 0.00170. The molecule has 4 rings (SSSR count). The minimum atomic E-state index is -5.96. The van der Waals surface area contributed by atoms with E-state index in [1.165, 1.54) is 11.8 Å². The molecule has 2 aromatic rings. The fourth-order valence-electron chi connectivity index (χ4n) is 4.50. The average molecular weight is 743 g/mol. The van der Waals surface area contributed by atoms with Gasteiger partial charge in [0.05, 0.1) is 37.4 Å². The van der Waals surface area contributed by atoms with Crippen molar-refractivity contribution in [3.8, 4) is 0 Å². The number of alkyl halides is 3. The Balaban J connectivity index is 0.000000286. The van der Waals surface area contributed by atoms with Crippen LogP contribution in [0.4, 0.5) is 22.8 Å². The third-order valence-corrected chi connectivity index (χ3v) is 8.06. The Kier molecular flexibility index (Phi) is 14.7. The lowest BCUT2D eigenvalue weighted by Crippen LogP contribution is -2.40. The van der Waals surface area contributed by atoms with E-state index in [2.05, 4.69) is 4.18 Å². The van der Waals surface area contributed by atoms with Gasteiger partial charge in [-0.05, 0) is 25.0 Å². The molecule has 51 heavy (non-hydrogen) atoms. The molecule has 2 aliphatic heterocycles. The summed E-state index contributed by atoms with van der Waals surface area (Å²) in [6, 6.07) is 18.1. The van der Waals surface area contributed by atoms with E-state index in [4.69, 9.17) is 18.9 Å². The number of aliphatic hydroxyl groups excluding tert-OH is 1. The van der Waals surface area contributed by atoms with Crippen molar-refractivity contribution < 1.29 is 69.0 Å². The van der Waals surface area contributed by atoms with E-state index in [1.807, 2.05) is 30.3 Å². The normalized spacial score (nSPS) is 14.9. The third kappa shape index (κ3) is 11.9. The van der Waals surface area contributed by atoms with Crippen LogP contribution in [0.25, 0.3) is 0 Å². The highest BCUT2D eigenvalue weighted by Gasteiger charge is 2.49. The standard InChI is InChI=1S/C17H18F3NO7S.C16H19NO5/c1-2-26-15(22)13-10-21(16(23)27-11-12-6-4-3-5-7-12)9-8-14(13)28-29(24,25)17(18,19)20;1-2-21-15(19)13-10-17(9-8-14(13)18)16(20)22-11-12-6-4-3-5-7-12/h3-7H,2,8-11H2,1H3;3-7,18H,2,8-11H2,1H3. The van der Waals surface area contributed by atoms with Crippen LogP contribution < -0.4 is 0 Å². The number of halogens is 3. The Labute approximate surface area is 292 Å². The Bertz CT molecular complexity index is 1700. The first kappa shape index (κ1) is 40.2. The summed E-state index contributed by atoms with van der Waals surface area (Å²) in [6.45, 7) is 2.94. The van der Waals surface area contributed by atoms with Crippen LogP contribution in [-0.4, -0.2) is 92.4 Å². The predicted molar refractivity (Wildman–Crippen MR) is 172 cm³/mol. The zero-order chi connectivity index (χ0) is 37.6. The summed E-state index contributed by atoms with van der Waals surface area (Å²) < 4.78 is 84.4. The molecule has 1 N–H and O–H groups in total. The average Bonchev–Trinajstić information content (AvgIpc) is 3.10. The fourth-order valence-corrected chi connectivity index (χ4v) is 5.04. The van der Waals surface area contributed by atoms with Crippen LogP contribution in [0.5, 0.6) is 0 Å². The first-order valence-electron chi connectivity index (χ1n) is 15.6. The van der Waals surface area contributed by atoms with Gasteiger partial charge in [-0.15, -0.1) is 0 Å². The maximum Gasteiger partial charge on any atom is 0.534 e. The van der Waals surface area contributed by atoms with Crippen LogP contribution in [0.1, 0.15) is 37.8 Å². The summed E-state index contributed by atoms with van der Waals surface area (Å²) in [5.74, 6) is -2.42. The molecule has 2 heterocycles. The van der Waals surface area contributed by atoms with Crippen molar-refractivity contribution in [2.75, 3.05) is 39.4 Å². The van der Waals surface area contributed by atoms with Crippen molar-refractivity contribution in [2.24, 2.45) is 0 Å². The van der Waals surface area contributed by atoms with Gasteiger partial charge in [0, 0.05) is 25.9 Å². The minimum Gasteiger partial charge on any atom is -0.512 e. The van der Waals surface area contributed by atoms with Crippen molar-refractivity contribution in [2.45, 2.75) is 45.4 Å². The number of ether oxygens (including phenoxy) is 4. The van der Waals surface area contributed by atoms with Gasteiger partial charge in [-0.3, -0.25) is 0 Å². The molecule has 0 unspecified atom stereocenters. The fraction of sp³-hybridized carbons (Fsp3) is 0.394. The van der Waals surface area contributed by atoms with E-state index in [0.717, 1.165) is 10.5 Å². The van der Waals surface area contributed by atoms with E-state index in [0.29, 0.717) is 12.1 Å². The monoisotopic (exact) mass is 742 g/mol. The second kappa shape index (κ2) is 18.7. The molecule has 0 bridgehead atoms. The number of hydrogen-bond acceptors (Lipinski definition) is 12. The van der Waals surface area contributed by atoms with E-state index in [9.17, 15) is 45.9 Å². The summed E-state index contributed by atoms with van der Waals surface area (Å²) in [6.07, 6.45) is -1.56. The van der Waals surface area contributed by atoms with Gasteiger partial charge in [0.25, 0.3) is 0 Å². The van der Waals surface area contributed by atoms with Crippen LogP contribution in [0, 0.1) is 0 Å². The SMILES string of the molecule is CCOC(=O)C1=C(O)CCN(C(=O)OCc2ccccc2)C1.CCOC(=O)C1=C(OS(=O)(=O)C(F)(F)F)CCN(C(=O)OCc2ccccc2)C1. The van der Waals surface area contributed by atoms with Crippen molar-refractivity contribution in [1.82, 2.24) is 9.80 Å². The summed E-state index contributed by atoms with van der Waals surface area (Å²) in [5.41, 5.74) is -4.45. The molecule has 2 amide bonds. The molecule has 18 heteroatoms. The molecule has 14 nitrogen and oxygen atoms in total. The molecule has 0 spiro atoms. The lowest BCUT2D eigenvalue weighted by molar-refractivity contribution is -0.140. The Hall–Kier alpha value is -5.26. The van der Waals surface area contributed by atoms with Gasteiger partial charge in [0.2, 0.25) is 0 Å². The smallest absolute Gasteiger partial charge is 0.512 e. The van der Waals surface area contributed by atoms with Gasteiger partial charge >= 0.3 is 39.8 Å². The molecule has 2 aromatic carbocycles. The van der Waals surface area contributed by atoms with Gasteiger partial charge < -0.3 is 38.0 Å². The molecular weight excluding hydrogens is 705 g/mol. The topological polar surface area (TPSA) is 175 Å². The van der Waals surface area contributed by atoms with E-state index in [-0.39, 0.29) is 57.3 Å². The number of carbonyl (C=O) groups excluding carboxylic acids is 4. The second-order valence-electron chi connectivity index (χ2n) is 10.7. The second-order valence-corrected chi connectivity index (χ2v) is 12.2. The van der Waals surface area contributed by atoms with Crippen LogP contribution >= 0.6 is 0 Å². The number of benzene rings is 2. The lowest BCUT2D eigenvalue weighted by atomic mass is 10.1. The number of esters is 2. The Morgan fingerprint density at radius 1 is 0.706 bits per heavy atom. The van der Waals surface area contributed by atoms with Gasteiger partial charge in [0.1, 0.15) is 24.7 Å². The van der Waals surface area contributed by atoms with Gasteiger partial charge in [-0.2, -0.15) is 21.6 Å². The highest BCUT2D eigenvalue weighted by atomic mass is 32.2. The van der Waals surface area contributed by atoms with Gasteiger partial charge in [-0.1, -0.05) is 60.7 Å². The quantitative estimate of drug-likeness (QED) is 0.148. The third-order valence-electron chi connectivity index (χ3n) is 7.07. The molecule has 0 saturated heterocycles. The van der Waals surface area contributed by atoms with Crippen molar-refractivity contribution in [3.63, 3.8) is 0 Å². The van der Waals surface area contributed by atoms with Crippen LogP contribution in [0.2, 0.25) is 0 Å². The highest BCUT2D eigenvalue weighted by molar-refractivity contribution is 7.87. The number of hydrogen-bond donors (Lipinski definition) is 1. The Morgan fingerprint density at radius 3 is 1.59 bits per heavy atom. The summed E-state index contributed by atoms with van der Waals surface area (Å²) >= 11 is 0. The van der Waals surface area contributed by atoms with Crippen molar-refractivity contribution in [3.05, 3.63) is 94.5 Å². The van der Waals surface area contributed by atoms with Gasteiger partial charge in [0.15, 0.2) is 0 Å². The van der Waals surface area contributed by atoms with E-state index in [1.54, 1.807) is 37.3 Å². The zero-order valence-electron chi connectivity index (χ0n) is 27.7. The maximum absolute atomic E-state index is 12.6. The molecule has 2 aliphatic rings. The maximum atomic E-state index is 12.6. The van der Waals surface area contributed by atoms with Crippen LogP contribution in [-0.2, 0) is 56.1 Å². The molecule has 0 atom stereocenters. The number of nitrogens with zero attached hydrogens (tertiary/aromatic N) is 2. The predicted octanol–water partition coefficient (Wildman–Crippen LogP) is 5.12. The number of amides is 2. The van der Waals surface area contributed by atoms with Crippen LogP contribution in [0.15, 0.2) is 83.3 Å². The highest BCUT2D eigenvalue weighted by Crippen LogP contribution is 2.31.